The number of aliphatic hydroxyl groups excluding tert-OH is 1. The standard InChI is InChI=1S/C36H35F3N4O2/c1-34(2,21-44)30-19-28(43(42-30)31-18-22-9-4-6-13-26(22)40-31)29-20-35(3,15-16-45-29)33-32(25-12-5-7-14-27(25)41-33)23-10-8-11-24(17-23)36(37,38)39/h4-14,17-19,29,40-41,44H,15-16,20-21H2,1-3H3. The maximum absolute atomic E-state index is 13.8. The lowest BCUT2D eigenvalue weighted by atomic mass is 9.74. The number of benzene rings is 3. The maximum Gasteiger partial charge on any atom is 0.416 e. The van der Waals surface area contributed by atoms with Crippen molar-refractivity contribution in [1.82, 2.24) is 19.7 Å². The molecule has 3 N–H and O–H groups in total. The second-order valence-corrected chi connectivity index (χ2v) is 13.0. The zero-order valence-corrected chi connectivity index (χ0v) is 25.4. The van der Waals surface area contributed by atoms with E-state index in [0.717, 1.165) is 56.3 Å². The number of nitrogens with one attached hydrogen (secondary N) is 2. The molecule has 0 bridgehead atoms. The molecule has 7 rings (SSSR count). The monoisotopic (exact) mass is 612 g/mol. The molecule has 6 aromatic rings. The number of alkyl halides is 3. The van der Waals surface area contributed by atoms with Gasteiger partial charge in [-0.25, -0.2) is 4.68 Å². The van der Waals surface area contributed by atoms with Crippen LogP contribution in [0.1, 0.15) is 62.4 Å². The number of aromatic nitrogens is 4. The number of H-pyrrole nitrogens is 2. The summed E-state index contributed by atoms with van der Waals surface area (Å²) in [7, 11) is 0. The van der Waals surface area contributed by atoms with Crippen molar-refractivity contribution in [1.29, 1.82) is 0 Å². The quantitative estimate of drug-likeness (QED) is 0.176. The Morgan fingerprint density at radius 1 is 0.956 bits per heavy atom. The average molecular weight is 613 g/mol. The van der Waals surface area contributed by atoms with Crippen molar-refractivity contribution in [3.63, 3.8) is 0 Å². The molecule has 6 nitrogen and oxygen atoms in total. The largest absolute Gasteiger partial charge is 0.416 e. The van der Waals surface area contributed by atoms with E-state index >= 15 is 0 Å². The van der Waals surface area contributed by atoms with Gasteiger partial charge < -0.3 is 19.8 Å². The molecule has 2 atom stereocenters. The Morgan fingerprint density at radius 3 is 2.47 bits per heavy atom. The fraction of sp³-hybridized carbons (Fsp3) is 0.306. The Hall–Kier alpha value is -4.34. The Morgan fingerprint density at radius 2 is 1.71 bits per heavy atom. The molecular weight excluding hydrogens is 577 g/mol. The topological polar surface area (TPSA) is 78.9 Å². The number of ether oxygens (including phenoxy) is 1. The highest BCUT2D eigenvalue weighted by atomic mass is 19.4. The van der Waals surface area contributed by atoms with E-state index in [0.29, 0.717) is 25.0 Å². The summed E-state index contributed by atoms with van der Waals surface area (Å²) in [5.74, 6) is 0.789. The van der Waals surface area contributed by atoms with Crippen molar-refractivity contribution >= 4 is 21.8 Å². The zero-order valence-electron chi connectivity index (χ0n) is 25.4. The van der Waals surface area contributed by atoms with Crippen LogP contribution in [0.25, 0.3) is 38.8 Å². The van der Waals surface area contributed by atoms with Crippen molar-refractivity contribution in [2.75, 3.05) is 13.2 Å². The lowest BCUT2D eigenvalue weighted by Gasteiger charge is -2.38. The molecule has 9 heteroatoms. The van der Waals surface area contributed by atoms with Crippen LogP contribution in [0.2, 0.25) is 0 Å². The lowest BCUT2D eigenvalue weighted by Crippen LogP contribution is -2.34. The van der Waals surface area contributed by atoms with Crippen LogP contribution < -0.4 is 0 Å². The summed E-state index contributed by atoms with van der Waals surface area (Å²) in [5.41, 5.74) is 3.92. The van der Waals surface area contributed by atoms with Crippen molar-refractivity contribution in [2.24, 2.45) is 0 Å². The SMILES string of the molecule is CC(C)(CO)c1cc(C2CC(C)(c3[nH]c4ccccc4c3-c3cccc(C(F)(F)F)c3)CCO2)n(-c2cc3ccccc3[nH]2)n1. The number of hydrogen-bond donors (Lipinski definition) is 3. The molecule has 0 radical (unpaired) electrons. The third-order valence-corrected chi connectivity index (χ3v) is 9.30. The van der Waals surface area contributed by atoms with Crippen LogP contribution in [0.4, 0.5) is 13.2 Å². The van der Waals surface area contributed by atoms with E-state index in [-0.39, 0.29) is 12.7 Å². The van der Waals surface area contributed by atoms with Gasteiger partial charge >= 0.3 is 6.18 Å². The summed E-state index contributed by atoms with van der Waals surface area (Å²) in [6.07, 6.45) is -3.57. The first-order valence-electron chi connectivity index (χ1n) is 15.2. The molecule has 3 aromatic heterocycles. The third-order valence-electron chi connectivity index (χ3n) is 9.30. The predicted molar refractivity (Wildman–Crippen MR) is 170 cm³/mol. The molecule has 1 aliphatic rings. The molecule has 3 aromatic carbocycles. The van der Waals surface area contributed by atoms with E-state index in [9.17, 15) is 18.3 Å². The van der Waals surface area contributed by atoms with Crippen LogP contribution in [0.15, 0.2) is 84.9 Å². The first-order chi connectivity index (χ1) is 21.5. The summed E-state index contributed by atoms with van der Waals surface area (Å²) in [5, 5.41) is 17.1. The van der Waals surface area contributed by atoms with Gasteiger partial charge in [0.15, 0.2) is 0 Å². The smallest absolute Gasteiger partial charge is 0.395 e. The van der Waals surface area contributed by atoms with Gasteiger partial charge in [0, 0.05) is 50.5 Å². The first kappa shape index (κ1) is 29.4. The molecule has 2 unspecified atom stereocenters. The van der Waals surface area contributed by atoms with E-state index in [1.165, 1.54) is 12.1 Å². The number of para-hydroxylation sites is 2. The highest BCUT2D eigenvalue weighted by Crippen LogP contribution is 2.48. The predicted octanol–water partition coefficient (Wildman–Crippen LogP) is 8.60. The molecular formula is C36H35F3N4O2. The Balaban J connectivity index is 1.35. The molecule has 4 heterocycles. The number of halogens is 3. The van der Waals surface area contributed by atoms with Crippen LogP contribution in [-0.2, 0) is 21.7 Å². The molecule has 1 fully saturated rings. The van der Waals surface area contributed by atoms with Crippen molar-refractivity contribution in [3.05, 3.63) is 108 Å². The average Bonchev–Trinajstić information content (AvgIpc) is 3.76. The molecule has 0 aliphatic carbocycles. The highest BCUT2D eigenvalue weighted by molar-refractivity contribution is 5.98. The molecule has 232 valence electrons. The first-order valence-corrected chi connectivity index (χ1v) is 15.2. The minimum Gasteiger partial charge on any atom is -0.395 e. The van der Waals surface area contributed by atoms with E-state index < -0.39 is 22.6 Å². The molecule has 1 saturated heterocycles. The fourth-order valence-corrected chi connectivity index (χ4v) is 6.56. The summed E-state index contributed by atoms with van der Waals surface area (Å²) in [6, 6.07) is 25.4. The van der Waals surface area contributed by atoms with Gasteiger partial charge in [-0.05, 0) is 54.8 Å². The number of aromatic amines is 2. The Labute approximate surface area is 258 Å². The van der Waals surface area contributed by atoms with Gasteiger partial charge in [0.25, 0.3) is 0 Å². The summed E-state index contributed by atoms with van der Waals surface area (Å²) in [6.45, 7) is 6.44. The van der Waals surface area contributed by atoms with Gasteiger partial charge in [-0.15, -0.1) is 0 Å². The second-order valence-electron chi connectivity index (χ2n) is 13.0. The van der Waals surface area contributed by atoms with Gasteiger partial charge in [-0.3, -0.25) is 0 Å². The summed E-state index contributed by atoms with van der Waals surface area (Å²) >= 11 is 0. The van der Waals surface area contributed by atoms with Crippen LogP contribution in [0, 0.1) is 0 Å². The normalized spacial score (nSPS) is 19.5. The zero-order chi connectivity index (χ0) is 31.6. The van der Waals surface area contributed by atoms with Crippen molar-refractivity contribution in [3.8, 4) is 16.9 Å². The van der Waals surface area contributed by atoms with Crippen LogP contribution in [0.3, 0.4) is 0 Å². The molecule has 0 spiro atoms. The van der Waals surface area contributed by atoms with E-state index in [2.05, 4.69) is 16.9 Å². The van der Waals surface area contributed by atoms with Crippen molar-refractivity contribution in [2.45, 2.75) is 56.7 Å². The van der Waals surface area contributed by atoms with Gasteiger partial charge in [0.2, 0.25) is 0 Å². The van der Waals surface area contributed by atoms with Crippen LogP contribution in [0.5, 0.6) is 0 Å². The molecule has 45 heavy (non-hydrogen) atoms. The van der Waals surface area contributed by atoms with Gasteiger partial charge in [0.05, 0.1) is 23.6 Å². The number of nitrogens with zero attached hydrogens (tertiary/aromatic N) is 2. The van der Waals surface area contributed by atoms with Gasteiger partial charge in [-0.2, -0.15) is 18.3 Å². The van der Waals surface area contributed by atoms with Gasteiger partial charge in [-0.1, -0.05) is 69.3 Å². The van der Waals surface area contributed by atoms with E-state index in [4.69, 9.17) is 9.84 Å². The molecule has 0 amide bonds. The Bertz CT molecular complexity index is 1980. The Kier molecular flexibility index (Phi) is 6.94. The number of fused-ring (bicyclic) bond motifs is 2. The molecule has 1 aliphatic heterocycles. The van der Waals surface area contributed by atoms with E-state index in [1.807, 2.05) is 79.2 Å². The van der Waals surface area contributed by atoms with Gasteiger partial charge in [0.1, 0.15) is 11.9 Å². The summed E-state index contributed by atoms with van der Waals surface area (Å²) in [4.78, 5) is 7.08. The minimum atomic E-state index is -4.45. The number of rotatable bonds is 6. The maximum atomic E-state index is 13.8. The number of hydrogen-bond acceptors (Lipinski definition) is 3. The number of aliphatic hydroxyl groups is 1. The lowest BCUT2D eigenvalue weighted by molar-refractivity contribution is -0.137. The summed E-state index contributed by atoms with van der Waals surface area (Å²) < 4.78 is 49.7. The highest BCUT2D eigenvalue weighted by Gasteiger charge is 2.41. The van der Waals surface area contributed by atoms with Crippen LogP contribution in [-0.4, -0.2) is 38.1 Å². The van der Waals surface area contributed by atoms with Crippen LogP contribution >= 0.6 is 0 Å². The fourth-order valence-electron chi connectivity index (χ4n) is 6.56. The van der Waals surface area contributed by atoms with Crippen molar-refractivity contribution < 1.29 is 23.0 Å². The molecule has 0 saturated carbocycles. The second kappa shape index (κ2) is 10.6. The van der Waals surface area contributed by atoms with E-state index in [1.54, 1.807) is 6.07 Å². The third kappa shape index (κ3) is 5.14. The minimum absolute atomic E-state index is 0.0746.